The van der Waals surface area contributed by atoms with Gasteiger partial charge >= 0.3 is 5.97 Å². The SMILES string of the molecule is CCNC(=NCCCC(=O)Nc1ccc(Cl)cc1)N1CC(C)C(C(=O)OC)C1. The number of amides is 1. The van der Waals surface area contributed by atoms with Gasteiger partial charge in [0, 0.05) is 43.3 Å². The van der Waals surface area contributed by atoms with Gasteiger partial charge in [0.25, 0.3) is 0 Å². The van der Waals surface area contributed by atoms with Crippen LogP contribution in [0.15, 0.2) is 29.3 Å². The average Bonchev–Trinajstić information content (AvgIpc) is 3.07. The van der Waals surface area contributed by atoms with Crippen LogP contribution in [0.3, 0.4) is 0 Å². The van der Waals surface area contributed by atoms with E-state index in [4.69, 9.17) is 16.3 Å². The van der Waals surface area contributed by atoms with Gasteiger partial charge in [0.15, 0.2) is 5.96 Å². The predicted octanol–water partition coefficient (Wildman–Crippen LogP) is 2.77. The van der Waals surface area contributed by atoms with Crippen molar-refractivity contribution in [3.8, 4) is 0 Å². The summed E-state index contributed by atoms with van der Waals surface area (Å²) in [5, 5.41) is 6.74. The minimum atomic E-state index is -0.176. The van der Waals surface area contributed by atoms with Gasteiger partial charge in [-0.3, -0.25) is 14.6 Å². The van der Waals surface area contributed by atoms with E-state index >= 15 is 0 Å². The first-order chi connectivity index (χ1) is 13.4. The molecule has 1 aliphatic rings. The van der Waals surface area contributed by atoms with Crippen LogP contribution in [0.1, 0.15) is 26.7 Å². The second kappa shape index (κ2) is 10.9. The summed E-state index contributed by atoms with van der Waals surface area (Å²) >= 11 is 5.84. The van der Waals surface area contributed by atoms with Crippen molar-refractivity contribution >= 4 is 35.1 Å². The third-order valence-corrected chi connectivity index (χ3v) is 4.95. The number of ether oxygens (including phenoxy) is 1. The van der Waals surface area contributed by atoms with E-state index in [-0.39, 0.29) is 23.7 Å². The Morgan fingerprint density at radius 3 is 2.64 bits per heavy atom. The van der Waals surface area contributed by atoms with Crippen LogP contribution in [-0.4, -0.2) is 56.0 Å². The number of carbonyl (C=O) groups is 2. The van der Waals surface area contributed by atoms with Gasteiger partial charge in [0.1, 0.15) is 0 Å². The molecule has 1 aromatic carbocycles. The molecule has 1 aromatic rings. The van der Waals surface area contributed by atoms with Crippen LogP contribution >= 0.6 is 11.6 Å². The molecular weight excluding hydrogens is 380 g/mol. The maximum Gasteiger partial charge on any atom is 0.310 e. The smallest absolute Gasteiger partial charge is 0.310 e. The Balaban J connectivity index is 1.83. The number of carbonyl (C=O) groups excluding carboxylic acids is 2. The van der Waals surface area contributed by atoms with Gasteiger partial charge in [-0.2, -0.15) is 0 Å². The summed E-state index contributed by atoms with van der Waals surface area (Å²) in [5.74, 6) is 0.618. The Labute approximate surface area is 171 Å². The second-order valence-electron chi connectivity index (χ2n) is 6.91. The summed E-state index contributed by atoms with van der Waals surface area (Å²) in [6.07, 6.45) is 1.02. The van der Waals surface area contributed by atoms with Gasteiger partial charge in [0.05, 0.1) is 13.0 Å². The largest absolute Gasteiger partial charge is 0.469 e. The zero-order valence-electron chi connectivity index (χ0n) is 16.7. The number of benzene rings is 1. The number of aliphatic imine (C=N–C) groups is 1. The summed E-state index contributed by atoms with van der Waals surface area (Å²) in [6, 6.07) is 7.02. The number of nitrogens with one attached hydrogen (secondary N) is 2. The number of guanidine groups is 1. The van der Waals surface area contributed by atoms with Crippen molar-refractivity contribution in [2.45, 2.75) is 26.7 Å². The average molecular weight is 409 g/mol. The molecule has 0 radical (unpaired) electrons. The van der Waals surface area contributed by atoms with E-state index in [1.54, 1.807) is 24.3 Å². The number of hydrogen-bond acceptors (Lipinski definition) is 4. The van der Waals surface area contributed by atoms with Crippen LogP contribution in [0.5, 0.6) is 0 Å². The number of anilines is 1. The van der Waals surface area contributed by atoms with Crippen molar-refractivity contribution in [1.82, 2.24) is 10.2 Å². The van der Waals surface area contributed by atoms with Crippen molar-refractivity contribution in [2.75, 3.05) is 38.6 Å². The molecule has 1 heterocycles. The number of nitrogens with zero attached hydrogens (tertiary/aromatic N) is 2. The van der Waals surface area contributed by atoms with Gasteiger partial charge in [-0.25, -0.2) is 0 Å². The molecule has 7 nitrogen and oxygen atoms in total. The fourth-order valence-electron chi connectivity index (χ4n) is 3.21. The molecule has 0 saturated carbocycles. The number of hydrogen-bond donors (Lipinski definition) is 2. The Morgan fingerprint density at radius 2 is 2.00 bits per heavy atom. The lowest BCUT2D eigenvalue weighted by Crippen LogP contribution is -2.40. The molecule has 8 heteroatoms. The molecule has 1 amide bonds. The number of likely N-dealkylation sites (tertiary alicyclic amines) is 1. The Bertz CT molecular complexity index is 693. The molecule has 1 fully saturated rings. The van der Waals surface area contributed by atoms with Gasteiger partial charge in [-0.1, -0.05) is 18.5 Å². The summed E-state index contributed by atoms with van der Waals surface area (Å²) in [5.41, 5.74) is 0.728. The molecule has 2 atom stereocenters. The second-order valence-corrected chi connectivity index (χ2v) is 7.34. The highest BCUT2D eigenvalue weighted by Gasteiger charge is 2.36. The highest BCUT2D eigenvalue weighted by Crippen LogP contribution is 2.24. The van der Waals surface area contributed by atoms with Crippen LogP contribution in [-0.2, 0) is 14.3 Å². The molecule has 2 unspecified atom stereocenters. The molecule has 0 bridgehead atoms. The number of rotatable bonds is 7. The molecule has 28 heavy (non-hydrogen) atoms. The maximum atomic E-state index is 12.0. The number of methoxy groups -OCH3 is 1. The Hall–Kier alpha value is -2.28. The molecule has 0 aliphatic carbocycles. The molecule has 154 valence electrons. The van der Waals surface area contributed by atoms with E-state index in [1.165, 1.54) is 7.11 Å². The first kappa shape index (κ1) is 22.0. The highest BCUT2D eigenvalue weighted by atomic mass is 35.5. The Kier molecular flexibility index (Phi) is 8.57. The lowest BCUT2D eigenvalue weighted by molar-refractivity contribution is -0.146. The minimum Gasteiger partial charge on any atom is -0.469 e. The van der Waals surface area contributed by atoms with Crippen molar-refractivity contribution < 1.29 is 14.3 Å². The highest BCUT2D eigenvalue weighted by molar-refractivity contribution is 6.30. The number of halogens is 1. The van der Waals surface area contributed by atoms with E-state index in [0.29, 0.717) is 31.0 Å². The maximum absolute atomic E-state index is 12.0. The number of esters is 1. The fourth-order valence-corrected chi connectivity index (χ4v) is 3.33. The van der Waals surface area contributed by atoms with Crippen molar-refractivity contribution in [2.24, 2.45) is 16.8 Å². The quantitative estimate of drug-likeness (QED) is 0.314. The molecule has 2 rings (SSSR count). The summed E-state index contributed by atoms with van der Waals surface area (Å²) in [4.78, 5) is 30.7. The van der Waals surface area contributed by atoms with Gasteiger partial charge in [0.2, 0.25) is 5.91 Å². The van der Waals surface area contributed by atoms with E-state index < -0.39 is 0 Å². The van der Waals surface area contributed by atoms with E-state index in [9.17, 15) is 9.59 Å². The molecule has 2 N–H and O–H groups in total. The minimum absolute atomic E-state index is 0.0527. The van der Waals surface area contributed by atoms with Gasteiger partial charge < -0.3 is 20.3 Å². The van der Waals surface area contributed by atoms with Gasteiger partial charge in [-0.05, 0) is 43.5 Å². The molecule has 1 aliphatic heterocycles. The van der Waals surface area contributed by atoms with Crippen molar-refractivity contribution in [1.29, 1.82) is 0 Å². The van der Waals surface area contributed by atoms with E-state index in [0.717, 1.165) is 24.7 Å². The monoisotopic (exact) mass is 408 g/mol. The fraction of sp³-hybridized carbons (Fsp3) is 0.550. The Morgan fingerprint density at radius 1 is 1.29 bits per heavy atom. The topological polar surface area (TPSA) is 83.0 Å². The molecular formula is C20H29ClN4O3. The van der Waals surface area contributed by atoms with Crippen LogP contribution in [0.4, 0.5) is 5.69 Å². The zero-order valence-corrected chi connectivity index (χ0v) is 17.5. The van der Waals surface area contributed by atoms with Crippen LogP contribution in [0.25, 0.3) is 0 Å². The molecule has 0 aromatic heterocycles. The van der Waals surface area contributed by atoms with Crippen molar-refractivity contribution in [3.05, 3.63) is 29.3 Å². The third-order valence-electron chi connectivity index (χ3n) is 4.70. The predicted molar refractivity (Wildman–Crippen MR) is 112 cm³/mol. The van der Waals surface area contributed by atoms with Crippen LogP contribution in [0, 0.1) is 11.8 Å². The van der Waals surface area contributed by atoms with E-state index in [1.807, 2.05) is 13.8 Å². The lowest BCUT2D eigenvalue weighted by Gasteiger charge is -2.21. The summed E-state index contributed by atoms with van der Waals surface area (Å²) in [6.45, 7) is 6.67. The molecule has 1 saturated heterocycles. The van der Waals surface area contributed by atoms with Crippen LogP contribution in [0.2, 0.25) is 5.02 Å². The summed E-state index contributed by atoms with van der Waals surface area (Å²) < 4.78 is 4.90. The van der Waals surface area contributed by atoms with Crippen molar-refractivity contribution in [3.63, 3.8) is 0 Å². The standard InChI is InChI=1S/C20H29ClN4O3/c1-4-22-20(25-12-14(2)17(13-25)19(27)28-3)23-11-5-6-18(26)24-16-9-7-15(21)8-10-16/h7-10,14,17H,4-6,11-13H2,1-3H3,(H,22,23)(H,24,26). The lowest BCUT2D eigenvalue weighted by atomic mass is 9.99. The molecule has 0 spiro atoms. The third kappa shape index (κ3) is 6.41. The van der Waals surface area contributed by atoms with E-state index in [2.05, 4.69) is 20.5 Å². The first-order valence-corrected chi connectivity index (χ1v) is 9.98. The normalized spacial score (nSPS) is 19.4. The first-order valence-electron chi connectivity index (χ1n) is 9.61. The van der Waals surface area contributed by atoms with Crippen LogP contribution < -0.4 is 10.6 Å². The summed E-state index contributed by atoms with van der Waals surface area (Å²) in [7, 11) is 1.42. The van der Waals surface area contributed by atoms with Gasteiger partial charge in [-0.15, -0.1) is 0 Å². The zero-order chi connectivity index (χ0) is 20.5.